The van der Waals surface area contributed by atoms with Crippen LogP contribution in [0.15, 0.2) is 24.5 Å². The number of nitrogens with one attached hydrogen (secondary N) is 1. The van der Waals surface area contributed by atoms with Crippen LogP contribution in [0.3, 0.4) is 0 Å². The van der Waals surface area contributed by atoms with Crippen molar-refractivity contribution in [3.05, 3.63) is 30.1 Å². The molecular formula is C10H17ClN2O2. The molecule has 0 aliphatic carbocycles. The molecule has 0 unspecified atom stereocenters. The first kappa shape index (κ1) is 14.3. The molecule has 0 spiro atoms. The van der Waals surface area contributed by atoms with Gasteiger partial charge in [-0.1, -0.05) is 6.07 Å². The molecule has 0 aromatic carbocycles. The number of nitrogens with zero attached hydrogens (tertiary/aromatic N) is 1. The lowest BCUT2D eigenvalue weighted by Crippen LogP contribution is -2.20. The monoisotopic (exact) mass is 232 g/mol. The number of rotatable bonds is 7. The maximum atomic E-state index is 8.45. The summed E-state index contributed by atoms with van der Waals surface area (Å²) in [4.78, 5) is 4.01. The van der Waals surface area contributed by atoms with E-state index in [4.69, 9.17) is 9.84 Å². The van der Waals surface area contributed by atoms with Crippen LogP contribution < -0.4 is 5.32 Å². The van der Waals surface area contributed by atoms with Gasteiger partial charge in [-0.3, -0.25) is 4.98 Å². The highest BCUT2D eigenvalue weighted by molar-refractivity contribution is 5.85. The van der Waals surface area contributed by atoms with Crippen molar-refractivity contribution in [3.63, 3.8) is 0 Å². The molecule has 0 saturated carbocycles. The lowest BCUT2D eigenvalue weighted by atomic mass is 10.3. The Bertz CT molecular complexity index is 234. The Hall–Kier alpha value is -0.680. The Morgan fingerprint density at radius 2 is 2.27 bits per heavy atom. The summed E-state index contributed by atoms with van der Waals surface area (Å²) in [6.07, 6.45) is 3.59. The summed E-state index contributed by atoms with van der Waals surface area (Å²) in [5.41, 5.74) is 1.16. The van der Waals surface area contributed by atoms with E-state index >= 15 is 0 Å². The highest BCUT2D eigenvalue weighted by atomic mass is 35.5. The number of aromatic nitrogens is 1. The van der Waals surface area contributed by atoms with Gasteiger partial charge >= 0.3 is 0 Å². The summed E-state index contributed by atoms with van der Waals surface area (Å²) in [7, 11) is 0. The normalized spacial score (nSPS) is 9.67. The molecule has 15 heavy (non-hydrogen) atoms. The number of aliphatic hydroxyl groups is 1. The molecule has 1 aromatic heterocycles. The minimum Gasteiger partial charge on any atom is -0.394 e. The molecule has 0 saturated heterocycles. The first-order valence-electron chi connectivity index (χ1n) is 4.71. The van der Waals surface area contributed by atoms with Gasteiger partial charge in [-0.05, 0) is 11.6 Å². The van der Waals surface area contributed by atoms with E-state index in [1.54, 1.807) is 6.20 Å². The lowest BCUT2D eigenvalue weighted by Gasteiger charge is -2.04. The molecule has 1 rings (SSSR count). The molecule has 0 amide bonds. The van der Waals surface area contributed by atoms with E-state index in [1.165, 1.54) is 0 Å². The van der Waals surface area contributed by atoms with Gasteiger partial charge in [-0.2, -0.15) is 0 Å². The van der Waals surface area contributed by atoms with Crippen molar-refractivity contribution in [3.8, 4) is 0 Å². The van der Waals surface area contributed by atoms with E-state index in [9.17, 15) is 0 Å². The van der Waals surface area contributed by atoms with Gasteiger partial charge in [-0.25, -0.2) is 0 Å². The molecule has 5 heteroatoms. The molecule has 0 atom stereocenters. The van der Waals surface area contributed by atoms with Gasteiger partial charge in [0, 0.05) is 25.5 Å². The fourth-order valence-corrected chi connectivity index (χ4v) is 1.05. The van der Waals surface area contributed by atoms with E-state index in [-0.39, 0.29) is 19.0 Å². The summed E-state index contributed by atoms with van der Waals surface area (Å²) in [6.45, 7) is 2.71. The van der Waals surface area contributed by atoms with Gasteiger partial charge in [0.1, 0.15) is 0 Å². The van der Waals surface area contributed by atoms with Crippen LogP contribution >= 0.6 is 12.4 Å². The third-order valence-corrected chi connectivity index (χ3v) is 1.71. The molecule has 0 aliphatic rings. The molecule has 4 nitrogen and oxygen atoms in total. The average Bonchev–Trinajstić information content (AvgIpc) is 2.25. The fraction of sp³-hybridized carbons (Fsp3) is 0.500. The largest absolute Gasteiger partial charge is 0.394 e. The Kier molecular flexibility index (Phi) is 9.41. The summed E-state index contributed by atoms with van der Waals surface area (Å²) in [6, 6.07) is 3.94. The van der Waals surface area contributed by atoms with Gasteiger partial charge in [0.15, 0.2) is 0 Å². The van der Waals surface area contributed by atoms with Gasteiger partial charge < -0.3 is 15.2 Å². The summed E-state index contributed by atoms with van der Waals surface area (Å²) >= 11 is 0. The van der Waals surface area contributed by atoms with Crippen molar-refractivity contribution >= 4 is 12.4 Å². The average molecular weight is 233 g/mol. The van der Waals surface area contributed by atoms with E-state index in [0.29, 0.717) is 13.2 Å². The van der Waals surface area contributed by atoms with Crippen molar-refractivity contribution in [1.82, 2.24) is 10.3 Å². The molecule has 1 heterocycles. The Labute approximate surface area is 96.1 Å². The van der Waals surface area contributed by atoms with Crippen LogP contribution in [0.1, 0.15) is 5.56 Å². The van der Waals surface area contributed by atoms with Crippen LogP contribution in [-0.4, -0.2) is 36.5 Å². The van der Waals surface area contributed by atoms with Crippen LogP contribution in [-0.2, 0) is 11.3 Å². The molecule has 0 aliphatic heterocycles. The van der Waals surface area contributed by atoms with Crippen LogP contribution in [0.25, 0.3) is 0 Å². The van der Waals surface area contributed by atoms with E-state index in [0.717, 1.165) is 18.7 Å². The number of ether oxygens (including phenoxy) is 1. The molecular weight excluding hydrogens is 216 g/mol. The topological polar surface area (TPSA) is 54.4 Å². The van der Waals surface area contributed by atoms with Crippen molar-refractivity contribution in [2.75, 3.05) is 26.4 Å². The quantitative estimate of drug-likeness (QED) is 0.677. The second-order valence-electron chi connectivity index (χ2n) is 2.87. The van der Waals surface area contributed by atoms with Crippen LogP contribution in [0, 0.1) is 0 Å². The highest BCUT2D eigenvalue weighted by Gasteiger charge is 1.91. The molecule has 0 fully saturated rings. The predicted octanol–water partition coefficient (Wildman–Crippen LogP) is 0.602. The number of halogens is 1. The predicted molar refractivity (Wildman–Crippen MR) is 61.1 cm³/mol. The fourth-order valence-electron chi connectivity index (χ4n) is 1.05. The van der Waals surface area contributed by atoms with Crippen LogP contribution in [0.4, 0.5) is 0 Å². The minimum atomic E-state index is 0. The first-order chi connectivity index (χ1) is 6.93. The minimum absolute atomic E-state index is 0. The van der Waals surface area contributed by atoms with Crippen molar-refractivity contribution in [2.45, 2.75) is 6.54 Å². The summed E-state index contributed by atoms with van der Waals surface area (Å²) in [5.74, 6) is 0. The number of aliphatic hydroxyl groups excluding tert-OH is 1. The molecule has 86 valence electrons. The Balaban J connectivity index is 0.00000196. The second kappa shape index (κ2) is 9.86. The van der Waals surface area contributed by atoms with Gasteiger partial charge in [0.25, 0.3) is 0 Å². The number of hydrogen-bond acceptors (Lipinski definition) is 4. The van der Waals surface area contributed by atoms with E-state index in [1.807, 2.05) is 18.3 Å². The maximum Gasteiger partial charge on any atom is 0.0698 e. The molecule has 0 radical (unpaired) electrons. The SMILES string of the molecule is Cl.OCCOCCNCc1cccnc1. The zero-order chi connectivity index (χ0) is 10.1. The maximum absolute atomic E-state index is 8.45. The Morgan fingerprint density at radius 3 is 2.93 bits per heavy atom. The second-order valence-corrected chi connectivity index (χ2v) is 2.87. The third-order valence-electron chi connectivity index (χ3n) is 1.71. The third kappa shape index (κ3) is 7.27. The standard InChI is InChI=1S/C10H16N2O2.ClH/c13-5-7-14-6-4-12-9-10-2-1-3-11-8-10;/h1-3,8,12-13H,4-7,9H2;1H. The smallest absolute Gasteiger partial charge is 0.0698 e. The van der Waals surface area contributed by atoms with Gasteiger partial charge in [0.05, 0.1) is 19.8 Å². The van der Waals surface area contributed by atoms with Crippen LogP contribution in [0.5, 0.6) is 0 Å². The van der Waals surface area contributed by atoms with Crippen molar-refractivity contribution in [2.24, 2.45) is 0 Å². The van der Waals surface area contributed by atoms with E-state index in [2.05, 4.69) is 10.3 Å². The lowest BCUT2D eigenvalue weighted by molar-refractivity contribution is 0.0938. The summed E-state index contributed by atoms with van der Waals surface area (Å²) in [5, 5.41) is 11.7. The molecule has 2 N–H and O–H groups in total. The number of pyridine rings is 1. The Morgan fingerprint density at radius 1 is 1.40 bits per heavy atom. The zero-order valence-electron chi connectivity index (χ0n) is 8.56. The van der Waals surface area contributed by atoms with Gasteiger partial charge in [-0.15, -0.1) is 12.4 Å². The molecule has 0 bridgehead atoms. The van der Waals surface area contributed by atoms with Crippen molar-refractivity contribution in [1.29, 1.82) is 0 Å². The number of hydrogen-bond donors (Lipinski definition) is 2. The molecule has 1 aromatic rings. The van der Waals surface area contributed by atoms with Crippen molar-refractivity contribution < 1.29 is 9.84 Å². The zero-order valence-corrected chi connectivity index (χ0v) is 9.37. The van der Waals surface area contributed by atoms with Crippen LogP contribution in [0.2, 0.25) is 0 Å². The highest BCUT2D eigenvalue weighted by Crippen LogP contribution is 1.93. The first-order valence-corrected chi connectivity index (χ1v) is 4.71. The summed E-state index contributed by atoms with van der Waals surface area (Å²) < 4.78 is 5.09. The van der Waals surface area contributed by atoms with Gasteiger partial charge in [0.2, 0.25) is 0 Å². The van der Waals surface area contributed by atoms with E-state index < -0.39 is 0 Å².